The number of para-hydroxylation sites is 1. The topological polar surface area (TPSA) is 67.3 Å². The molecule has 10 rings (SSSR count). The van der Waals surface area contributed by atoms with E-state index in [9.17, 15) is 0 Å². The van der Waals surface area contributed by atoms with E-state index in [4.69, 9.17) is 20.0 Å². The molecule has 7 aromatic carbocycles. The van der Waals surface area contributed by atoms with Crippen molar-refractivity contribution in [3.63, 3.8) is 0 Å². The van der Waals surface area contributed by atoms with Gasteiger partial charge in [0, 0.05) is 28.3 Å². The first kappa shape index (κ1) is 33.0. The van der Waals surface area contributed by atoms with Crippen LogP contribution < -0.4 is 0 Å². The molecule has 0 atom stereocenters. The standard InChI is InChI=1S/C50H34N6/c1-51-49(41-27-23-34-10-2-4-12-39(34)30-41)55-50(42-28-24-35-11-3-5-13-40(35)31-42)52-32-33-17-19-36(20-18-33)37-21-25-38(26-22-37)46-48-47(43-14-6-7-15-44(43)53-46)54-45-16-8-9-29-56(45)48/h2-31H,1,32H2/b52-50-,55-49-. The number of hydrogen-bond acceptors (Lipinski definition) is 3. The van der Waals surface area contributed by atoms with E-state index in [1.807, 2.05) is 54.6 Å². The average Bonchev–Trinajstić information content (AvgIpc) is 3.66. The molecule has 264 valence electrons. The molecule has 10 aromatic rings. The van der Waals surface area contributed by atoms with Gasteiger partial charge in [-0.1, -0.05) is 146 Å². The maximum absolute atomic E-state index is 5.14. The molecule has 6 nitrogen and oxygen atoms in total. The molecule has 3 aromatic heterocycles. The predicted octanol–water partition coefficient (Wildman–Crippen LogP) is 11.8. The second-order valence-electron chi connectivity index (χ2n) is 13.8. The van der Waals surface area contributed by atoms with Crippen molar-refractivity contribution < 1.29 is 0 Å². The number of benzene rings is 7. The maximum atomic E-state index is 5.14. The third-order valence-corrected chi connectivity index (χ3v) is 10.4. The molecule has 56 heavy (non-hydrogen) atoms. The monoisotopic (exact) mass is 718 g/mol. The van der Waals surface area contributed by atoms with Crippen LogP contribution in [0, 0.1) is 0 Å². The van der Waals surface area contributed by atoms with Gasteiger partial charge < -0.3 is 0 Å². The molecule has 0 aliphatic heterocycles. The molecular formula is C50H34N6. The Bertz CT molecular complexity index is 3170. The van der Waals surface area contributed by atoms with Crippen LogP contribution >= 0.6 is 0 Å². The average molecular weight is 719 g/mol. The Balaban J connectivity index is 0.964. The summed E-state index contributed by atoms with van der Waals surface area (Å²) < 4.78 is 2.13. The van der Waals surface area contributed by atoms with E-state index in [0.717, 1.165) is 88.2 Å². The molecule has 0 aliphatic carbocycles. The summed E-state index contributed by atoms with van der Waals surface area (Å²) in [6, 6.07) is 60.7. The van der Waals surface area contributed by atoms with Gasteiger partial charge in [-0.05, 0) is 75.3 Å². The Hall–Kier alpha value is -7.57. The fourth-order valence-electron chi connectivity index (χ4n) is 7.48. The van der Waals surface area contributed by atoms with Gasteiger partial charge in [0.25, 0.3) is 0 Å². The van der Waals surface area contributed by atoms with E-state index in [2.05, 4.69) is 144 Å². The maximum Gasteiger partial charge on any atom is 0.161 e. The minimum atomic E-state index is 0.454. The van der Waals surface area contributed by atoms with Crippen molar-refractivity contribution in [2.45, 2.75) is 6.54 Å². The summed E-state index contributed by atoms with van der Waals surface area (Å²) in [5, 5.41) is 5.62. The third kappa shape index (κ3) is 6.09. The van der Waals surface area contributed by atoms with Crippen LogP contribution in [0.5, 0.6) is 0 Å². The first-order valence-electron chi connectivity index (χ1n) is 18.6. The van der Waals surface area contributed by atoms with Crippen LogP contribution in [-0.4, -0.2) is 32.8 Å². The molecule has 0 radical (unpaired) electrons. The Morgan fingerprint density at radius 3 is 1.82 bits per heavy atom. The summed E-state index contributed by atoms with van der Waals surface area (Å²) >= 11 is 0. The van der Waals surface area contributed by atoms with Gasteiger partial charge in [-0.2, -0.15) is 0 Å². The van der Waals surface area contributed by atoms with Gasteiger partial charge in [-0.25, -0.2) is 20.0 Å². The molecular weight excluding hydrogens is 685 g/mol. The second kappa shape index (κ2) is 14.0. The molecule has 0 saturated heterocycles. The molecule has 0 aliphatic rings. The predicted molar refractivity (Wildman–Crippen MR) is 233 cm³/mol. The van der Waals surface area contributed by atoms with Crippen molar-refractivity contribution in [1.82, 2.24) is 14.4 Å². The number of aliphatic imine (C=N–C) groups is 3. The molecule has 0 unspecified atom stereocenters. The van der Waals surface area contributed by atoms with E-state index in [1.54, 1.807) is 0 Å². The van der Waals surface area contributed by atoms with Gasteiger partial charge in [0.2, 0.25) is 0 Å². The van der Waals surface area contributed by atoms with Crippen LogP contribution in [0.25, 0.3) is 71.5 Å². The van der Waals surface area contributed by atoms with Crippen molar-refractivity contribution in [2.24, 2.45) is 15.0 Å². The molecule has 0 amide bonds. The third-order valence-electron chi connectivity index (χ3n) is 10.4. The quantitative estimate of drug-likeness (QED) is 0.127. The fourth-order valence-corrected chi connectivity index (χ4v) is 7.48. The lowest BCUT2D eigenvalue weighted by Gasteiger charge is -2.09. The highest BCUT2D eigenvalue weighted by atomic mass is 15.0. The summed E-state index contributed by atoms with van der Waals surface area (Å²) in [4.78, 5) is 24.6. The van der Waals surface area contributed by atoms with Gasteiger partial charge in [0.05, 0.1) is 23.3 Å². The van der Waals surface area contributed by atoms with Gasteiger partial charge in [0.15, 0.2) is 11.7 Å². The normalized spacial score (nSPS) is 12.3. The van der Waals surface area contributed by atoms with Crippen LogP contribution in [0.4, 0.5) is 0 Å². The molecule has 0 saturated carbocycles. The number of fused-ring (bicyclic) bond motifs is 7. The van der Waals surface area contributed by atoms with Crippen molar-refractivity contribution in [2.75, 3.05) is 0 Å². The summed E-state index contributed by atoms with van der Waals surface area (Å²) in [5.41, 5.74) is 10.9. The Kier molecular flexibility index (Phi) is 8.26. The highest BCUT2D eigenvalue weighted by Gasteiger charge is 2.16. The van der Waals surface area contributed by atoms with Crippen LogP contribution in [0.15, 0.2) is 197 Å². The Morgan fingerprint density at radius 2 is 1.12 bits per heavy atom. The van der Waals surface area contributed by atoms with E-state index >= 15 is 0 Å². The number of nitrogens with zero attached hydrogens (tertiary/aromatic N) is 6. The zero-order valence-electron chi connectivity index (χ0n) is 30.4. The number of imidazole rings is 1. The van der Waals surface area contributed by atoms with Crippen LogP contribution in [0.1, 0.15) is 16.7 Å². The van der Waals surface area contributed by atoms with Gasteiger partial charge in [-0.3, -0.25) is 9.39 Å². The highest BCUT2D eigenvalue weighted by molar-refractivity contribution is 6.14. The van der Waals surface area contributed by atoms with E-state index in [0.29, 0.717) is 18.2 Å². The minimum absolute atomic E-state index is 0.454. The largest absolute Gasteiger partial charge is 0.298 e. The number of hydrogen-bond donors (Lipinski definition) is 0. The molecule has 3 heterocycles. The zero-order chi connectivity index (χ0) is 37.4. The van der Waals surface area contributed by atoms with Gasteiger partial charge in [-0.15, -0.1) is 0 Å². The molecule has 0 N–H and O–H groups in total. The second-order valence-corrected chi connectivity index (χ2v) is 13.8. The summed E-state index contributed by atoms with van der Waals surface area (Å²) in [6.07, 6.45) is 2.06. The van der Waals surface area contributed by atoms with E-state index in [-0.39, 0.29) is 0 Å². The lowest BCUT2D eigenvalue weighted by Crippen LogP contribution is -2.05. The molecule has 6 heteroatoms. The van der Waals surface area contributed by atoms with Crippen molar-refractivity contribution in [3.05, 3.63) is 199 Å². The minimum Gasteiger partial charge on any atom is -0.298 e. The van der Waals surface area contributed by atoms with Crippen LogP contribution in [-0.2, 0) is 6.54 Å². The van der Waals surface area contributed by atoms with Crippen molar-refractivity contribution in [3.8, 4) is 22.4 Å². The number of rotatable bonds is 6. The first-order chi connectivity index (χ1) is 27.7. The summed E-state index contributed by atoms with van der Waals surface area (Å²) in [5.74, 6) is 1.14. The van der Waals surface area contributed by atoms with E-state index < -0.39 is 0 Å². The van der Waals surface area contributed by atoms with Crippen molar-refractivity contribution >= 4 is 67.5 Å². The fraction of sp³-hybridized carbons (Fsp3) is 0.0200. The summed E-state index contributed by atoms with van der Waals surface area (Å²) in [7, 11) is 0. The lowest BCUT2D eigenvalue weighted by atomic mass is 10.0. The Labute approximate surface area is 323 Å². The van der Waals surface area contributed by atoms with Gasteiger partial charge >= 0.3 is 0 Å². The zero-order valence-corrected chi connectivity index (χ0v) is 30.4. The van der Waals surface area contributed by atoms with Crippen LogP contribution in [0.2, 0.25) is 0 Å². The van der Waals surface area contributed by atoms with Crippen LogP contribution in [0.3, 0.4) is 0 Å². The van der Waals surface area contributed by atoms with Gasteiger partial charge in [0.1, 0.15) is 11.2 Å². The number of aromatic nitrogens is 3. The molecule has 0 bridgehead atoms. The Morgan fingerprint density at radius 1 is 0.536 bits per heavy atom. The number of amidine groups is 2. The summed E-state index contributed by atoms with van der Waals surface area (Å²) in [6.45, 7) is 4.34. The lowest BCUT2D eigenvalue weighted by molar-refractivity contribution is 1.06. The first-order valence-corrected chi connectivity index (χ1v) is 18.6. The molecule has 0 spiro atoms. The highest BCUT2D eigenvalue weighted by Crippen LogP contribution is 2.34. The number of pyridine rings is 2. The molecule has 0 fully saturated rings. The SMILES string of the molecule is C=N/C(=N\C(=N/Cc1ccc(-c2ccc(-c3nc4ccccc4c4nc5ccccn5c34)cc2)cc1)c1ccc2ccccc2c1)c1ccc2ccccc2c1. The smallest absolute Gasteiger partial charge is 0.161 e. The van der Waals surface area contributed by atoms with E-state index in [1.165, 1.54) is 0 Å². The van der Waals surface area contributed by atoms with Crippen molar-refractivity contribution in [1.29, 1.82) is 0 Å².